The lowest BCUT2D eigenvalue weighted by Crippen LogP contribution is -2.22. The molecule has 0 bridgehead atoms. The maximum Gasteiger partial charge on any atom is 0.241 e. The first-order chi connectivity index (χ1) is 8.22. The van der Waals surface area contributed by atoms with Crippen LogP contribution >= 0.6 is 0 Å². The van der Waals surface area contributed by atoms with Gasteiger partial charge in [0.2, 0.25) is 5.91 Å². The van der Waals surface area contributed by atoms with E-state index in [1.54, 1.807) is 24.3 Å². The molecule has 1 aromatic rings. The fourth-order valence-electron chi connectivity index (χ4n) is 1.54. The van der Waals surface area contributed by atoms with E-state index in [1.807, 2.05) is 13.0 Å². The summed E-state index contributed by atoms with van der Waals surface area (Å²) in [5.74, 6) is -0.943. The zero-order chi connectivity index (χ0) is 12.7. The highest BCUT2D eigenvalue weighted by Crippen LogP contribution is 2.16. The molecule has 0 spiro atoms. The predicted molar refractivity (Wildman–Crippen MR) is 65.0 cm³/mol. The monoisotopic (exact) mass is 232 g/mol. The van der Waals surface area contributed by atoms with E-state index >= 15 is 0 Å². The van der Waals surface area contributed by atoms with Gasteiger partial charge in [-0.1, -0.05) is 31.5 Å². The smallest absolute Gasteiger partial charge is 0.241 e. The first-order valence-electron chi connectivity index (χ1n) is 5.62. The number of carbonyl (C=O) groups is 1. The largest absolute Gasteiger partial charge is 0.392 e. The number of nitriles is 1. The van der Waals surface area contributed by atoms with Crippen LogP contribution in [0.1, 0.15) is 25.3 Å². The average Bonchev–Trinajstić information content (AvgIpc) is 2.36. The molecule has 4 heteroatoms. The second-order valence-corrected chi connectivity index (χ2v) is 3.77. The fraction of sp³-hybridized carbons (Fsp3) is 0.385. The van der Waals surface area contributed by atoms with Gasteiger partial charge in [0.25, 0.3) is 0 Å². The van der Waals surface area contributed by atoms with E-state index in [-0.39, 0.29) is 12.5 Å². The molecule has 1 unspecified atom stereocenters. The standard InChI is InChI=1S/C13H16N2O2/c1-2-5-10(8-14)13(17)15-12-7-4-3-6-11(12)9-16/h3-4,6-7,10,16H,2,5,9H2,1H3,(H,15,17). The van der Waals surface area contributed by atoms with E-state index < -0.39 is 5.92 Å². The number of aliphatic hydroxyl groups is 1. The SMILES string of the molecule is CCCC(C#N)C(=O)Nc1ccccc1CO. The molecule has 90 valence electrons. The van der Waals surface area contributed by atoms with Crippen molar-refractivity contribution in [2.45, 2.75) is 26.4 Å². The van der Waals surface area contributed by atoms with Gasteiger partial charge in [0, 0.05) is 11.3 Å². The van der Waals surface area contributed by atoms with E-state index in [0.29, 0.717) is 17.7 Å². The van der Waals surface area contributed by atoms with Crippen molar-refractivity contribution in [2.24, 2.45) is 5.92 Å². The van der Waals surface area contributed by atoms with Gasteiger partial charge in [0.05, 0.1) is 12.7 Å². The first-order valence-corrected chi connectivity index (χ1v) is 5.62. The van der Waals surface area contributed by atoms with E-state index in [9.17, 15) is 4.79 Å². The number of nitrogens with zero attached hydrogens (tertiary/aromatic N) is 1. The van der Waals surface area contributed by atoms with Gasteiger partial charge in [-0.25, -0.2) is 0 Å². The number of amides is 1. The minimum atomic E-state index is -0.633. The first kappa shape index (κ1) is 13.2. The molecule has 1 rings (SSSR count). The van der Waals surface area contributed by atoms with Crippen LogP contribution in [0.3, 0.4) is 0 Å². The van der Waals surface area contributed by atoms with Crippen LogP contribution in [-0.4, -0.2) is 11.0 Å². The quantitative estimate of drug-likeness (QED) is 0.816. The lowest BCUT2D eigenvalue weighted by Gasteiger charge is -2.11. The number of rotatable bonds is 5. The molecule has 0 aromatic heterocycles. The van der Waals surface area contributed by atoms with Crippen molar-refractivity contribution in [3.63, 3.8) is 0 Å². The van der Waals surface area contributed by atoms with Crippen molar-refractivity contribution in [1.29, 1.82) is 5.26 Å². The molecule has 4 nitrogen and oxygen atoms in total. The Morgan fingerprint density at radius 3 is 2.82 bits per heavy atom. The van der Waals surface area contributed by atoms with Gasteiger partial charge in [-0.05, 0) is 12.5 Å². The summed E-state index contributed by atoms with van der Waals surface area (Å²) in [6.07, 6.45) is 1.33. The van der Waals surface area contributed by atoms with Gasteiger partial charge in [-0.3, -0.25) is 4.79 Å². The molecular weight excluding hydrogens is 216 g/mol. The summed E-state index contributed by atoms with van der Waals surface area (Å²) in [5, 5.41) is 20.7. The highest BCUT2D eigenvalue weighted by molar-refractivity contribution is 5.94. The van der Waals surface area contributed by atoms with Crippen LogP contribution < -0.4 is 5.32 Å². The second-order valence-electron chi connectivity index (χ2n) is 3.77. The van der Waals surface area contributed by atoms with E-state index in [2.05, 4.69) is 5.32 Å². The molecule has 0 fully saturated rings. The Bertz CT molecular complexity index is 424. The molecule has 1 aromatic carbocycles. The summed E-state index contributed by atoms with van der Waals surface area (Å²) in [4.78, 5) is 11.8. The summed E-state index contributed by atoms with van der Waals surface area (Å²) in [5.41, 5.74) is 1.21. The Morgan fingerprint density at radius 1 is 1.53 bits per heavy atom. The summed E-state index contributed by atoms with van der Waals surface area (Å²) in [6, 6.07) is 8.99. The van der Waals surface area contributed by atoms with E-state index in [0.717, 1.165) is 6.42 Å². The molecule has 2 N–H and O–H groups in total. The zero-order valence-corrected chi connectivity index (χ0v) is 9.81. The van der Waals surface area contributed by atoms with Gasteiger partial charge in [0.15, 0.2) is 0 Å². The lowest BCUT2D eigenvalue weighted by atomic mass is 10.0. The van der Waals surface area contributed by atoms with Crippen LogP contribution in [0.25, 0.3) is 0 Å². The van der Waals surface area contributed by atoms with Crippen molar-refractivity contribution in [3.8, 4) is 6.07 Å². The number of aliphatic hydroxyl groups excluding tert-OH is 1. The van der Waals surface area contributed by atoms with Crippen molar-refractivity contribution < 1.29 is 9.90 Å². The Hall–Kier alpha value is -1.86. The fourth-order valence-corrected chi connectivity index (χ4v) is 1.54. The molecule has 0 heterocycles. The van der Waals surface area contributed by atoms with Gasteiger partial charge < -0.3 is 10.4 Å². The van der Waals surface area contributed by atoms with E-state index in [1.165, 1.54) is 0 Å². The normalized spacial score (nSPS) is 11.6. The van der Waals surface area contributed by atoms with Crippen LogP contribution in [0.2, 0.25) is 0 Å². The summed E-state index contributed by atoms with van der Waals surface area (Å²) < 4.78 is 0. The van der Waals surface area contributed by atoms with Crippen LogP contribution in [0, 0.1) is 17.2 Å². The van der Waals surface area contributed by atoms with Crippen molar-refractivity contribution in [2.75, 3.05) is 5.32 Å². The Morgan fingerprint density at radius 2 is 2.24 bits per heavy atom. The number of hydrogen-bond acceptors (Lipinski definition) is 3. The summed E-state index contributed by atoms with van der Waals surface area (Å²) in [6.45, 7) is 1.79. The Kier molecular flexibility index (Phi) is 5.18. The predicted octanol–water partition coefficient (Wildman–Crippen LogP) is 2.06. The van der Waals surface area contributed by atoms with Crippen LogP contribution in [0.15, 0.2) is 24.3 Å². The number of para-hydroxylation sites is 1. The Labute approximate surface area is 101 Å². The maximum atomic E-state index is 11.8. The van der Waals surface area contributed by atoms with Crippen molar-refractivity contribution in [3.05, 3.63) is 29.8 Å². The maximum absolute atomic E-state index is 11.8. The zero-order valence-electron chi connectivity index (χ0n) is 9.81. The average molecular weight is 232 g/mol. The number of anilines is 1. The number of nitrogens with one attached hydrogen (secondary N) is 1. The molecule has 0 saturated carbocycles. The molecular formula is C13H16N2O2. The molecule has 0 aliphatic heterocycles. The minimum Gasteiger partial charge on any atom is -0.392 e. The topological polar surface area (TPSA) is 73.1 Å². The molecule has 0 aliphatic rings. The van der Waals surface area contributed by atoms with Gasteiger partial charge in [0.1, 0.15) is 5.92 Å². The van der Waals surface area contributed by atoms with Crippen LogP contribution in [0.4, 0.5) is 5.69 Å². The second kappa shape index (κ2) is 6.66. The van der Waals surface area contributed by atoms with E-state index in [4.69, 9.17) is 10.4 Å². The third kappa shape index (κ3) is 3.58. The van der Waals surface area contributed by atoms with Crippen molar-refractivity contribution >= 4 is 11.6 Å². The van der Waals surface area contributed by atoms with Gasteiger partial charge in [-0.2, -0.15) is 5.26 Å². The third-order valence-corrected chi connectivity index (χ3v) is 2.50. The molecule has 1 amide bonds. The number of benzene rings is 1. The van der Waals surface area contributed by atoms with Gasteiger partial charge in [-0.15, -0.1) is 0 Å². The summed E-state index contributed by atoms with van der Waals surface area (Å²) >= 11 is 0. The van der Waals surface area contributed by atoms with Crippen LogP contribution in [-0.2, 0) is 11.4 Å². The molecule has 0 saturated heterocycles. The molecule has 17 heavy (non-hydrogen) atoms. The summed E-state index contributed by atoms with van der Waals surface area (Å²) in [7, 11) is 0. The van der Waals surface area contributed by atoms with Gasteiger partial charge >= 0.3 is 0 Å². The lowest BCUT2D eigenvalue weighted by molar-refractivity contribution is -0.118. The highest BCUT2D eigenvalue weighted by Gasteiger charge is 2.17. The van der Waals surface area contributed by atoms with Crippen molar-refractivity contribution in [1.82, 2.24) is 0 Å². The Balaban J connectivity index is 2.77. The number of hydrogen-bond donors (Lipinski definition) is 2. The van der Waals surface area contributed by atoms with Crippen LogP contribution in [0.5, 0.6) is 0 Å². The number of carbonyl (C=O) groups excluding carboxylic acids is 1. The highest BCUT2D eigenvalue weighted by atomic mass is 16.3. The molecule has 0 radical (unpaired) electrons. The minimum absolute atomic E-state index is 0.137. The third-order valence-electron chi connectivity index (χ3n) is 2.50. The molecule has 1 atom stereocenters. The molecule has 0 aliphatic carbocycles.